The van der Waals surface area contributed by atoms with Crippen molar-refractivity contribution in [1.82, 2.24) is 18.9 Å². The standard InChI is InChI=1S/C30H31N5O2/c1-4-25(37)11-9-22-8-7-20(2)26(14-22)28-17-34-13-5-6-27(30(34)33-28)32-24-10-12-29(23(15-24)18-36)35-16-21(3)31-19-35/h5-8,10,12-17,19,32,36H,4,9,11,18H2,1-3H3. The predicted octanol–water partition coefficient (Wildman–Crippen LogP) is 5.95. The minimum atomic E-state index is -0.0841. The largest absolute Gasteiger partial charge is 0.392 e. The number of hydrogen-bond donors (Lipinski definition) is 2. The third-order valence-electron chi connectivity index (χ3n) is 6.67. The van der Waals surface area contributed by atoms with E-state index in [-0.39, 0.29) is 12.4 Å². The van der Waals surface area contributed by atoms with Gasteiger partial charge in [0.2, 0.25) is 0 Å². The molecule has 0 bridgehead atoms. The Labute approximate surface area is 216 Å². The van der Waals surface area contributed by atoms with Gasteiger partial charge in [0.25, 0.3) is 0 Å². The van der Waals surface area contributed by atoms with E-state index in [2.05, 4.69) is 35.4 Å². The molecule has 0 aliphatic carbocycles. The molecule has 188 valence electrons. The normalized spacial score (nSPS) is 11.2. The first-order valence-electron chi connectivity index (χ1n) is 12.6. The van der Waals surface area contributed by atoms with E-state index in [1.165, 1.54) is 0 Å². The van der Waals surface area contributed by atoms with E-state index in [9.17, 15) is 9.90 Å². The van der Waals surface area contributed by atoms with Crippen molar-refractivity contribution in [3.05, 3.63) is 95.8 Å². The Morgan fingerprint density at radius 3 is 2.70 bits per heavy atom. The molecule has 0 radical (unpaired) electrons. The Kier molecular flexibility index (Phi) is 6.88. The number of aromatic nitrogens is 4. The van der Waals surface area contributed by atoms with Gasteiger partial charge in [-0.15, -0.1) is 0 Å². The molecule has 2 N–H and O–H groups in total. The topological polar surface area (TPSA) is 84.5 Å². The van der Waals surface area contributed by atoms with Gasteiger partial charge in [-0.1, -0.05) is 19.1 Å². The molecule has 0 aliphatic rings. The molecule has 0 saturated heterocycles. The molecule has 7 nitrogen and oxygen atoms in total. The molecule has 0 unspecified atom stereocenters. The number of nitrogens with one attached hydrogen (secondary N) is 1. The average Bonchev–Trinajstić information content (AvgIpc) is 3.54. The maximum atomic E-state index is 11.8. The van der Waals surface area contributed by atoms with Crippen molar-refractivity contribution in [3.8, 4) is 16.9 Å². The van der Waals surface area contributed by atoms with E-state index >= 15 is 0 Å². The Morgan fingerprint density at radius 1 is 1.08 bits per heavy atom. The molecule has 0 aliphatic heterocycles. The summed E-state index contributed by atoms with van der Waals surface area (Å²) in [6, 6.07) is 16.2. The summed E-state index contributed by atoms with van der Waals surface area (Å²) in [6.45, 7) is 5.85. The molecular weight excluding hydrogens is 462 g/mol. The van der Waals surface area contributed by atoms with E-state index in [1.54, 1.807) is 6.33 Å². The lowest BCUT2D eigenvalue weighted by Crippen LogP contribution is -2.00. The van der Waals surface area contributed by atoms with Crippen molar-refractivity contribution < 1.29 is 9.90 Å². The highest BCUT2D eigenvalue weighted by molar-refractivity contribution is 5.79. The van der Waals surface area contributed by atoms with Crippen LogP contribution in [0, 0.1) is 13.8 Å². The number of aliphatic hydroxyl groups excluding tert-OH is 1. The molecular formula is C30H31N5O2. The Morgan fingerprint density at radius 2 is 1.95 bits per heavy atom. The molecule has 7 heteroatoms. The van der Waals surface area contributed by atoms with E-state index in [1.807, 2.05) is 71.7 Å². The van der Waals surface area contributed by atoms with Crippen LogP contribution >= 0.6 is 0 Å². The molecule has 3 aromatic heterocycles. The number of hydrogen-bond acceptors (Lipinski definition) is 5. The molecule has 0 fully saturated rings. The number of rotatable bonds is 9. The van der Waals surface area contributed by atoms with Crippen molar-refractivity contribution in [2.24, 2.45) is 0 Å². The number of fused-ring (bicyclic) bond motifs is 1. The molecule has 0 spiro atoms. The number of anilines is 2. The summed E-state index contributed by atoms with van der Waals surface area (Å²) in [5.74, 6) is 0.281. The lowest BCUT2D eigenvalue weighted by atomic mass is 9.99. The quantitative estimate of drug-likeness (QED) is 0.265. The van der Waals surface area contributed by atoms with Crippen LogP contribution in [-0.4, -0.2) is 29.8 Å². The van der Waals surface area contributed by atoms with Gasteiger partial charge in [0, 0.05) is 48.2 Å². The summed E-state index contributed by atoms with van der Waals surface area (Å²) in [4.78, 5) is 21.1. The number of carbonyl (C=O) groups is 1. The van der Waals surface area contributed by atoms with Gasteiger partial charge in [-0.25, -0.2) is 9.97 Å². The highest BCUT2D eigenvalue weighted by Gasteiger charge is 2.13. The van der Waals surface area contributed by atoms with Crippen molar-refractivity contribution >= 4 is 22.8 Å². The minimum absolute atomic E-state index is 0.0841. The van der Waals surface area contributed by atoms with Crippen LogP contribution in [0.2, 0.25) is 0 Å². The van der Waals surface area contributed by atoms with E-state index in [0.717, 1.165) is 62.8 Å². The van der Waals surface area contributed by atoms with Gasteiger partial charge in [-0.05, 0) is 67.8 Å². The van der Waals surface area contributed by atoms with Crippen LogP contribution < -0.4 is 5.32 Å². The molecule has 37 heavy (non-hydrogen) atoms. The summed E-state index contributed by atoms with van der Waals surface area (Å²) in [5, 5.41) is 13.5. The number of pyridine rings is 1. The van der Waals surface area contributed by atoms with Gasteiger partial charge < -0.3 is 19.4 Å². The smallest absolute Gasteiger partial charge is 0.161 e. The summed E-state index contributed by atoms with van der Waals surface area (Å²) in [6.07, 6.45) is 9.59. The number of benzene rings is 2. The highest BCUT2D eigenvalue weighted by atomic mass is 16.3. The highest BCUT2D eigenvalue weighted by Crippen LogP contribution is 2.29. The van der Waals surface area contributed by atoms with Crippen molar-refractivity contribution in [1.29, 1.82) is 0 Å². The number of imidazole rings is 2. The lowest BCUT2D eigenvalue weighted by Gasteiger charge is -2.13. The van der Waals surface area contributed by atoms with Gasteiger partial charge in [0.15, 0.2) is 5.65 Å². The monoisotopic (exact) mass is 493 g/mol. The Hall–Kier alpha value is -4.23. The zero-order valence-corrected chi connectivity index (χ0v) is 21.4. The number of aliphatic hydroxyl groups is 1. The van der Waals surface area contributed by atoms with Gasteiger partial charge in [-0.3, -0.25) is 4.79 Å². The maximum Gasteiger partial charge on any atom is 0.161 e. The van der Waals surface area contributed by atoms with Crippen LogP contribution in [0.5, 0.6) is 0 Å². The average molecular weight is 494 g/mol. The third kappa shape index (κ3) is 5.17. The van der Waals surface area contributed by atoms with Crippen LogP contribution in [0.1, 0.15) is 42.1 Å². The number of ketones is 1. The third-order valence-corrected chi connectivity index (χ3v) is 6.67. The number of carbonyl (C=O) groups excluding carboxylic acids is 1. The maximum absolute atomic E-state index is 11.8. The first-order chi connectivity index (χ1) is 17.9. The number of aryl methyl sites for hydroxylation is 3. The van der Waals surface area contributed by atoms with Crippen LogP contribution in [-0.2, 0) is 17.8 Å². The summed E-state index contributed by atoms with van der Waals surface area (Å²) in [5.41, 5.74) is 9.39. The summed E-state index contributed by atoms with van der Waals surface area (Å²) < 4.78 is 3.93. The first kappa shape index (κ1) is 24.5. The summed E-state index contributed by atoms with van der Waals surface area (Å²) >= 11 is 0. The zero-order valence-electron chi connectivity index (χ0n) is 21.4. The fourth-order valence-electron chi connectivity index (χ4n) is 4.55. The van der Waals surface area contributed by atoms with E-state index in [0.29, 0.717) is 12.8 Å². The van der Waals surface area contributed by atoms with Crippen LogP contribution in [0.25, 0.3) is 22.6 Å². The number of Topliss-reactive ketones (excluding diaryl/α,β-unsaturated/α-hetero) is 1. The fraction of sp³-hybridized carbons (Fsp3) is 0.233. The van der Waals surface area contributed by atoms with Crippen LogP contribution in [0.4, 0.5) is 11.4 Å². The van der Waals surface area contributed by atoms with Gasteiger partial charge in [0.05, 0.1) is 35.7 Å². The Balaban J connectivity index is 1.45. The molecule has 5 aromatic rings. The van der Waals surface area contributed by atoms with Crippen molar-refractivity contribution in [3.63, 3.8) is 0 Å². The van der Waals surface area contributed by atoms with Crippen LogP contribution in [0.3, 0.4) is 0 Å². The van der Waals surface area contributed by atoms with Gasteiger partial charge >= 0.3 is 0 Å². The van der Waals surface area contributed by atoms with Gasteiger partial charge in [-0.2, -0.15) is 0 Å². The zero-order chi connectivity index (χ0) is 25.9. The second kappa shape index (κ2) is 10.4. The lowest BCUT2D eigenvalue weighted by molar-refractivity contribution is -0.118. The first-order valence-corrected chi connectivity index (χ1v) is 12.6. The van der Waals surface area contributed by atoms with Crippen molar-refractivity contribution in [2.75, 3.05) is 5.32 Å². The Bertz CT molecular complexity index is 1580. The summed E-state index contributed by atoms with van der Waals surface area (Å²) in [7, 11) is 0. The molecule has 0 atom stereocenters. The second-order valence-electron chi connectivity index (χ2n) is 9.37. The molecule has 3 heterocycles. The van der Waals surface area contributed by atoms with Crippen molar-refractivity contribution in [2.45, 2.75) is 46.6 Å². The van der Waals surface area contributed by atoms with Crippen LogP contribution in [0.15, 0.2) is 73.4 Å². The van der Waals surface area contributed by atoms with Gasteiger partial charge in [0.1, 0.15) is 5.78 Å². The molecule has 0 saturated carbocycles. The van der Waals surface area contributed by atoms with E-state index in [4.69, 9.17) is 4.98 Å². The SMILES string of the molecule is CCC(=O)CCc1ccc(C)c(-c2cn3cccc(Nc4ccc(-n5cnc(C)c5)c(CO)c4)c3n2)c1. The fourth-order valence-corrected chi connectivity index (χ4v) is 4.55. The predicted molar refractivity (Wildman–Crippen MR) is 146 cm³/mol. The molecule has 2 aromatic carbocycles. The molecule has 0 amide bonds. The number of nitrogens with zero attached hydrogens (tertiary/aromatic N) is 4. The second-order valence-corrected chi connectivity index (χ2v) is 9.37. The van der Waals surface area contributed by atoms with E-state index < -0.39 is 0 Å². The molecule has 5 rings (SSSR count). The minimum Gasteiger partial charge on any atom is -0.392 e.